The normalized spacial score (nSPS) is 15.2. The van der Waals surface area contributed by atoms with E-state index in [0.717, 1.165) is 29.4 Å². The summed E-state index contributed by atoms with van der Waals surface area (Å²) in [7, 11) is 0. The number of amides is 2. The Morgan fingerprint density at radius 3 is 2.56 bits per heavy atom. The van der Waals surface area contributed by atoms with Crippen LogP contribution in [0.3, 0.4) is 0 Å². The van der Waals surface area contributed by atoms with E-state index >= 15 is 0 Å². The lowest BCUT2D eigenvalue weighted by molar-refractivity contribution is -0.123. The van der Waals surface area contributed by atoms with Gasteiger partial charge in [-0.05, 0) is 50.0 Å². The highest BCUT2D eigenvalue weighted by molar-refractivity contribution is 7.98. The Hall–Kier alpha value is -2.35. The lowest BCUT2D eigenvalue weighted by Crippen LogP contribution is -2.50. The molecule has 1 heterocycles. The number of hydrogen-bond donors (Lipinski definition) is 2. The van der Waals surface area contributed by atoms with Crippen LogP contribution in [0.5, 0.6) is 0 Å². The molecular weight excluding hydrogens is 422 g/mol. The Morgan fingerprint density at radius 2 is 1.91 bits per heavy atom. The lowest BCUT2D eigenvalue weighted by atomic mass is 10.0. The van der Waals surface area contributed by atoms with Crippen LogP contribution in [0.1, 0.15) is 73.7 Å². The Kier molecular flexibility index (Phi) is 8.73. The van der Waals surface area contributed by atoms with E-state index in [-0.39, 0.29) is 17.7 Å². The summed E-state index contributed by atoms with van der Waals surface area (Å²) in [6.45, 7) is 6.31. The van der Waals surface area contributed by atoms with Gasteiger partial charge in [0.05, 0.1) is 0 Å². The summed E-state index contributed by atoms with van der Waals surface area (Å²) in [5.41, 5.74) is 1.49. The van der Waals surface area contributed by atoms with Gasteiger partial charge < -0.3 is 15.2 Å². The van der Waals surface area contributed by atoms with Gasteiger partial charge >= 0.3 is 0 Å². The molecule has 1 aromatic heterocycles. The van der Waals surface area contributed by atoms with Crippen LogP contribution in [0.2, 0.25) is 0 Å². The number of benzene rings is 1. The molecule has 1 aliphatic rings. The predicted octanol–water partition coefficient (Wildman–Crippen LogP) is 3.93. The topological polar surface area (TPSA) is 88.9 Å². The van der Waals surface area contributed by atoms with Gasteiger partial charge in [-0.2, -0.15) is 0 Å². The molecule has 1 saturated carbocycles. The van der Waals surface area contributed by atoms with Crippen molar-refractivity contribution >= 4 is 23.6 Å². The fourth-order valence-corrected chi connectivity index (χ4v) is 4.87. The van der Waals surface area contributed by atoms with Crippen molar-refractivity contribution < 1.29 is 9.59 Å². The summed E-state index contributed by atoms with van der Waals surface area (Å²) in [6, 6.07) is 7.33. The largest absolute Gasteiger partial charge is 0.354 e. The zero-order chi connectivity index (χ0) is 23.1. The van der Waals surface area contributed by atoms with Crippen molar-refractivity contribution in [1.29, 1.82) is 0 Å². The van der Waals surface area contributed by atoms with E-state index in [4.69, 9.17) is 0 Å². The molecule has 2 N–H and O–H groups in total. The number of thioether (sulfide) groups is 1. The Labute approximate surface area is 195 Å². The fraction of sp³-hybridized carbons (Fsp3) is 0.583. The van der Waals surface area contributed by atoms with Crippen molar-refractivity contribution in [3.05, 3.63) is 41.2 Å². The second kappa shape index (κ2) is 11.5. The number of aryl methyl sites for hydroxylation is 2. The number of carbonyl (C=O) groups is 2. The maximum Gasteiger partial charge on any atom is 0.252 e. The van der Waals surface area contributed by atoms with Crippen molar-refractivity contribution in [3.63, 3.8) is 0 Å². The summed E-state index contributed by atoms with van der Waals surface area (Å²) < 4.78 is 2.30. The standard InChI is InChI=1S/C24H35N5O2S/c1-16(2)21(26-22(30)19-13-8-5-10-17(19)3)23(31)25-15-9-14-20-27-28-24(32-4)29(20)18-11-6-7-12-18/h5,8,10,13,16,18,21H,6-7,9,11-12,14-15H2,1-4H3,(H,25,31)(H,26,30). The molecule has 174 valence electrons. The Bertz CT molecular complexity index is 921. The first-order valence-corrected chi connectivity index (χ1v) is 12.8. The Morgan fingerprint density at radius 1 is 1.19 bits per heavy atom. The molecule has 1 aliphatic carbocycles. The quantitative estimate of drug-likeness (QED) is 0.417. The van der Waals surface area contributed by atoms with Gasteiger partial charge in [0.25, 0.3) is 5.91 Å². The number of nitrogens with one attached hydrogen (secondary N) is 2. The third kappa shape index (κ3) is 5.91. The molecule has 2 amide bonds. The van der Waals surface area contributed by atoms with Crippen LogP contribution >= 0.6 is 11.8 Å². The molecule has 0 saturated heterocycles. The Balaban J connectivity index is 1.53. The zero-order valence-corrected chi connectivity index (χ0v) is 20.4. The van der Waals surface area contributed by atoms with Crippen LogP contribution in [0.15, 0.2) is 29.4 Å². The van der Waals surface area contributed by atoms with Gasteiger partial charge in [-0.1, -0.05) is 56.7 Å². The molecule has 7 nitrogen and oxygen atoms in total. The minimum Gasteiger partial charge on any atom is -0.354 e. The fourth-order valence-electron chi connectivity index (χ4n) is 4.30. The maximum atomic E-state index is 12.8. The first kappa shape index (κ1) is 24.3. The zero-order valence-electron chi connectivity index (χ0n) is 19.6. The monoisotopic (exact) mass is 457 g/mol. The molecule has 0 aliphatic heterocycles. The van der Waals surface area contributed by atoms with E-state index in [1.807, 2.05) is 45.2 Å². The molecule has 1 fully saturated rings. The molecule has 1 atom stereocenters. The minimum absolute atomic E-state index is 0.0161. The number of hydrogen-bond acceptors (Lipinski definition) is 5. The van der Waals surface area contributed by atoms with Crippen LogP contribution < -0.4 is 10.6 Å². The molecule has 3 rings (SSSR count). The van der Waals surface area contributed by atoms with Gasteiger partial charge in [0.15, 0.2) is 5.16 Å². The third-order valence-corrected chi connectivity index (χ3v) is 6.75. The average molecular weight is 458 g/mol. The van der Waals surface area contributed by atoms with Crippen LogP contribution in [0.4, 0.5) is 0 Å². The number of carbonyl (C=O) groups excluding carboxylic acids is 2. The van der Waals surface area contributed by atoms with Gasteiger partial charge in [-0.3, -0.25) is 9.59 Å². The predicted molar refractivity (Wildman–Crippen MR) is 128 cm³/mol. The third-order valence-electron chi connectivity index (χ3n) is 6.11. The van der Waals surface area contributed by atoms with Crippen LogP contribution in [0.25, 0.3) is 0 Å². The highest BCUT2D eigenvalue weighted by Gasteiger charge is 2.26. The second-order valence-corrected chi connectivity index (χ2v) is 9.59. The highest BCUT2D eigenvalue weighted by Crippen LogP contribution is 2.33. The maximum absolute atomic E-state index is 12.8. The molecule has 0 spiro atoms. The summed E-state index contributed by atoms with van der Waals surface area (Å²) in [4.78, 5) is 25.5. The SMILES string of the molecule is CSc1nnc(CCCNC(=O)C(NC(=O)c2ccccc2C)C(C)C)n1C1CCCC1. The first-order valence-electron chi connectivity index (χ1n) is 11.5. The number of rotatable bonds is 10. The molecule has 0 radical (unpaired) electrons. The molecule has 1 unspecified atom stereocenters. The van der Waals surface area contributed by atoms with Crippen molar-refractivity contribution in [2.75, 3.05) is 12.8 Å². The molecular formula is C24H35N5O2S. The molecule has 1 aromatic carbocycles. The smallest absolute Gasteiger partial charge is 0.252 e. The van der Waals surface area contributed by atoms with E-state index in [0.29, 0.717) is 18.2 Å². The van der Waals surface area contributed by atoms with Crippen LogP contribution in [-0.2, 0) is 11.2 Å². The molecule has 32 heavy (non-hydrogen) atoms. The van der Waals surface area contributed by atoms with Gasteiger partial charge in [-0.25, -0.2) is 0 Å². The summed E-state index contributed by atoms with van der Waals surface area (Å²) in [5.74, 6) is 0.622. The van der Waals surface area contributed by atoms with E-state index in [9.17, 15) is 9.59 Å². The molecule has 2 aromatic rings. The van der Waals surface area contributed by atoms with E-state index in [1.54, 1.807) is 17.8 Å². The number of aromatic nitrogens is 3. The minimum atomic E-state index is -0.577. The molecule has 8 heteroatoms. The van der Waals surface area contributed by atoms with Gasteiger partial charge in [-0.15, -0.1) is 10.2 Å². The first-order chi connectivity index (χ1) is 15.4. The van der Waals surface area contributed by atoms with Crippen molar-refractivity contribution in [3.8, 4) is 0 Å². The van der Waals surface area contributed by atoms with Crippen LogP contribution in [0, 0.1) is 12.8 Å². The summed E-state index contributed by atoms with van der Waals surface area (Å²) in [6.07, 6.45) is 8.48. The lowest BCUT2D eigenvalue weighted by Gasteiger charge is -2.22. The van der Waals surface area contributed by atoms with Gasteiger partial charge in [0.1, 0.15) is 11.9 Å². The summed E-state index contributed by atoms with van der Waals surface area (Å²) >= 11 is 1.64. The summed E-state index contributed by atoms with van der Waals surface area (Å²) in [5, 5.41) is 15.7. The van der Waals surface area contributed by atoms with Crippen molar-refractivity contribution in [2.45, 2.75) is 76.5 Å². The van der Waals surface area contributed by atoms with Crippen LogP contribution in [-0.4, -0.2) is 45.4 Å². The van der Waals surface area contributed by atoms with Crippen molar-refractivity contribution in [2.24, 2.45) is 5.92 Å². The second-order valence-electron chi connectivity index (χ2n) is 8.82. The average Bonchev–Trinajstić information content (AvgIpc) is 3.44. The highest BCUT2D eigenvalue weighted by atomic mass is 32.2. The van der Waals surface area contributed by atoms with Crippen molar-refractivity contribution in [1.82, 2.24) is 25.4 Å². The van der Waals surface area contributed by atoms with Gasteiger partial charge in [0, 0.05) is 24.6 Å². The molecule has 0 bridgehead atoms. The van der Waals surface area contributed by atoms with Gasteiger partial charge in [0.2, 0.25) is 5.91 Å². The van der Waals surface area contributed by atoms with E-state index in [1.165, 1.54) is 25.7 Å². The van der Waals surface area contributed by atoms with E-state index < -0.39 is 6.04 Å². The van der Waals surface area contributed by atoms with E-state index in [2.05, 4.69) is 25.4 Å². The number of nitrogens with zero attached hydrogens (tertiary/aromatic N) is 3.